The smallest absolute Gasteiger partial charge is 0.223 e. The van der Waals surface area contributed by atoms with Crippen molar-refractivity contribution in [2.45, 2.75) is 26.2 Å². The number of aryl methyl sites for hydroxylation is 1. The van der Waals surface area contributed by atoms with E-state index >= 15 is 0 Å². The van der Waals surface area contributed by atoms with Gasteiger partial charge in [0, 0.05) is 26.3 Å². The van der Waals surface area contributed by atoms with Crippen LogP contribution in [0.1, 0.15) is 24.6 Å². The lowest BCUT2D eigenvalue weighted by Gasteiger charge is -2.07. The zero-order chi connectivity index (χ0) is 12.1. The minimum absolute atomic E-state index is 0.110. The maximum absolute atomic E-state index is 11.6. The summed E-state index contributed by atoms with van der Waals surface area (Å²) in [7, 11) is 0. The van der Waals surface area contributed by atoms with E-state index in [1.54, 1.807) is 6.92 Å². The molecule has 1 aromatic rings. The highest BCUT2D eigenvalue weighted by Gasteiger charge is 2.17. The van der Waals surface area contributed by atoms with E-state index in [-0.39, 0.29) is 5.91 Å². The quantitative estimate of drug-likeness (QED) is 0.757. The van der Waals surface area contributed by atoms with Gasteiger partial charge in [0.15, 0.2) is 5.82 Å². The molecule has 0 aliphatic carbocycles. The van der Waals surface area contributed by atoms with Crippen molar-refractivity contribution in [1.82, 2.24) is 20.8 Å². The van der Waals surface area contributed by atoms with Crippen molar-refractivity contribution in [2.24, 2.45) is 5.92 Å². The molecule has 0 aromatic carbocycles. The molecule has 6 nitrogen and oxygen atoms in total. The van der Waals surface area contributed by atoms with Crippen LogP contribution in [0.5, 0.6) is 0 Å². The Bertz CT molecular complexity index is 371. The van der Waals surface area contributed by atoms with Crippen LogP contribution in [0.3, 0.4) is 0 Å². The van der Waals surface area contributed by atoms with Crippen molar-refractivity contribution < 1.29 is 9.32 Å². The second-order valence-corrected chi connectivity index (χ2v) is 4.39. The first kappa shape index (κ1) is 12.0. The number of hydrogen-bond acceptors (Lipinski definition) is 5. The number of rotatable bonds is 5. The standard InChI is InChI=1S/C11H18N4O2/c1-8-14-10(15-17-8)3-5-13-11(16)6-9-2-4-12-7-9/h9,12H,2-7H2,1H3,(H,13,16). The summed E-state index contributed by atoms with van der Waals surface area (Å²) in [5.41, 5.74) is 0. The van der Waals surface area contributed by atoms with Crippen molar-refractivity contribution >= 4 is 5.91 Å². The van der Waals surface area contributed by atoms with Crippen LogP contribution in [0.25, 0.3) is 0 Å². The molecule has 1 atom stereocenters. The summed E-state index contributed by atoms with van der Waals surface area (Å²) < 4.78 is 4.85. The second kappa shape index (κ2) is 5.77. The predicted octanol–water partition coefficient (Wildman–Crippen LogP) is 0.0363. The Labute approximate surface area is 100 Å². The molecule has 2 N–H and O–H groups in total. The third-order valence-electron chi connectivity index (χ3n) is 2.88. The number of nitrogens with one attached hydrogen (secondary N) is 2. The molecule has 1 fully saturated rings. The number of hydrogen-bond donors (Lipinski definition) is 2. The molecular formula is C11H18N4O2. The first-order valence-electron chi connectivity index (χ1n) is 6.00. The van der Waals surface area contributed by atoms with Crippen LogP contribution in [0.15, 0.2) is 4.52 Å². The largest absolute Gasteiger partial charge is 0.356 e. The maximum atomic E-state index is 11.6. The first-order chi connectivity index (χ1) is 8.24. The van der Waals surface area contributed by atoms with Gasteiger partial charge in [0.05, 0.1) is 0 Å². The van der Waals surface area contributed by atoms with Crippen LogP contribution in [-0.2, 0) is 11.2 Å². The van der Waals surface area contributed by atoms with Crippen LogP contribution >= 0.6 is 0 Å². The summed E-state index contributed by atoms with van der Waals surface area (Å²) in [6.07, 6.45) is 2.32. The Morgan fingerprint density at radius 3 is 3.18 bits per heavy atom. The molecule has 2 rings (SSSR count). The van der Waals surface area contributed by atoms with Crippen molar-refractivity contribution in [1.29, 1.82) is 0 Å². The Hall–Kier alpha value is -1.43. The van der Waals surface area contributed by atoms with E-state index in [4.69, 9.17) is 4.52 Å². The summed E-state index contributed by atoms with van der Waals surface area (Å²) in [6, 6.07) is 0. The molecule has 1 aliphatic rings. The van der Waals surface area contributed by atoms with E-state index in [0.717, 1.165) is 19.5 Å². The van der Waals surface area contributed by atoms with Crippen LogP contribution in [-0.4, -0.2) is 35.7 Å². The van der Waals surface area contributed by atoms with Crippen LogP contribution < -0.4 is 10.6 Å². The number of carbonyl (C=O) groups is 1. The minimum Gasteiger partial charge on any atom is -0.356 e. The zero-order valence-electron chi connectivity index (χ0n) is 10.0. The normalized spacial score (nSPS) is 19.5. The lowest BCUT2D eigenvalue weighted by atomic mass is 10.0. The summed E-state index contributed by atoms with van der Waals surface area (Å²) >= 11 is 0. The fraction of sp³-hybridized carbons (Fsp3) is 0.727. The van der Waals surface area contributed by atoms with E-state index in [2.05, 4.69) is 20.8 Å². The van der Waals surface area contributed by atoms with Gasteiger partial charge in [-0.1, -0.05) is 5.16 Å². The van der Waals surface area contributed by atoms with Gasteiger partial charge in [0.2, 0.25) is 11.8 Å². The molecule has 1 saturated heterocycles. The molecule has 1 amide bonds. The van der Waals surface area contributed by atoms with Gasteiger partial charge < -0.3 is 15.2 Å². The molecule has 1 unspecified atom stereocenters. The number of carbonyl (C=O) groups excluding carboxylic acids is 1. The summed E-state index contributed by atoms with van der Waals surface area (Å²) in [5.74, 6) is 1.80. The molecule has 94 valence electrons. The fourth-order valence-electron chi connectivity index (χ4n) is 1.98. The molecule has 0 radical (unpaired) electrons. The first-order valence-corrected chi connectivity index (χ1v) is 6.00. The van der Waals surface area contributed by atoms with Gasteiger partial charge in [-0.3, -0.25) is 4.79 Å². The van der Waals surface area contributed by atoms with E-state index < -0.39 is 0 Å². The summed E-state index contributed by atoms with van der Waals surface area (Å²) in [5, 5.41) is 9.90. The molecule has 1 aromatic heterocycles. The summed E-state index contributed by atoms with van der Waals surface area (Å²) in [6.45, 7) is 4.30. The lowest BCUT2D eigenvalue weighted by molar-refractivity contribution is -0.121. The topological polar surface area (TPSA) is 80.0 Å². The number of nitrogens with zero attached hydrogens (tertiary/aromatic N) is 2. The Morgan fingerprint density at radius 1 is 1.65 bits per heavy atom. The Balaban J connectivity index is 1.62. The van der Waals surface area contributed by atoms with Crippen molar-refractivity contribution in [2.75, 3.05) is 19.6 Å². The van der Waals surface area contributed by atoms with Gasteiger partial charge in [-0.15, -0.1) is 0 Å². The molecule has 0 spiro atoms. The minimum atomic E-state index is 0.110. The third-order valence-corrected chi connectivity index (χ3v) is 2.88. The van der Waals surface area contributed by atoms with E-state index in [1.165, 1.54) is 0 Å². The molecule has 17 heavy (non-hydrogen) atoms. The summed E-state index contributed by atoms with van der Waals surface area (Å²) in [4.78, 5) is 15.7. The van der Waals surface area contributed by atoms with Gasteiger partial charge >= 0.3 is 0 Å². The molecule has 6 heteroatoms. The highest BCUT2D eigenvalue weighted by Crippen LogP contribution is 2.11. The monoisotopic (exact) mass is 238 g/mol. The molecule has 0 bridgehead atoms. The van der Waals surface area contributed by atoms with Gasteiger partial charge in [-0.05, 0) is 25.4 Å². The van der Waals surface area contributed by atoms with Gasteiger partial charge in [0.25, 0.3) is 0 Å². The Kier molecular flexibility index (Phi) is 4.08. The molecular weight excluding hydrogens is 220 g/mol. The average molecular weight is 238 g/mol. The SMILES string of the molecule is Cc1nc(CCNC(=O)CC2CCNC2)no1. The second-order valence-electron chi connectivity index (χ2n) is 4.39. The van der Waals surface area contributed by atoms with Crippen LogP contribution in [0.4, 0.5) is 0 Å². The van der Waals surface area contributed by atoms with E-state index in [0.29, 0.717) is 37.0 Å². The maximum Gasteiger partial charge on any atom is 0.223 e. The van der Waals surface area contributed by atoms with Gasteiger partial charge in [0.1, 0.15) is 0 Å². The van der Waals surface area contributed by atoms with Crippen LogP contribution in [0.2, 0.25) is 0 Å². The van der Waals surface area contributed by atoms with Crippen LogP contribution in [0, 0.1) is 12.8 Å². The highest BCUT2D eigenvalue weighted by molar-refractivity contribution is 5.76. The fourth-order valence-corrected chi connectivity index (χ4v) is 1.98. The highest BCUT2D eigenvalue weighted by atomic mass is 16.5. The average Bonchev–Trinajstić information content (AvgIpc) is 2.90. The van der Waals surface area contributed by atoms with Crippen molar-refractivity contribution in [3.8, 4) is 0 Å². The zero-order valence-corrected chi connectivity index (χ0v) is 10.0. The number of aromatic nitrogens is 2. The van der Waals surface area contributed by atoms with E-state index in [1.807, 2.05) is 0 Å². The lowest BCUT2D eigenvalue weighted by Crippen LogP contribution is -2.28. The Morgan fingerprint density at radius 2 is 2.53 bits per heavy atom. The van der Waals surface area contributed by atoms with E-state index in [9.17, 15) is 4.79 Å². The third kappa shape index (κ3) is 3.81. The molecule has 0 saturated carbocycles. The number of amides is 1. The van der Waals surface area contributed by atoms with Crippen molar-refractivity contribution in [3.63, 3.8) is 0 Å². The molecule has 1 aliphatic heterocycles. The molecule has 2 heterocycles. The predicted molar refractivity (Wildman–Crippen MR) is 61.3 cm³/mol. The van der Waals surface area contributed by atoms with Gasteiger partial charge in [-0.2, -0.15) is 4.98 Å². The van der Waals surface area contributed by atoms with Gasteiger partial charge in [-0.25, -0.2) is 0 Å². The van der Waals surface area contributed by atoms with Crippen molar-refractivity contribution in [3.05, 3.63) is 11.7 Å².